The van der Waals surface area contributed by atoms with Gasteiger partial charge in [0.15, 0.2) is 0 Å². The Morgan fingerprint density at radius 1 is 1.38 bits per heavy atom. The van der Waals surface area contributed by atoms with Crippen molar-refractivity contribution in [1.82, 2.24) is 0 Å². The first-order valence-corrected chi connectivity index (χ1v) is 5.20. The Labute approximate surface area is 95.4 Å². The van der Waals surface area contributed by atoms with Crippen LogP contribution in [-0.2, 0) is 16.1 Å². The van der Waals surface area contributed by atoms with Crippen LogP contribution in [0.1, 0.15) is 18.9 Å². The molecule has 0 spiro atoms. The van der Waals surface area contributed by atoms with Crippen LogP contribution in [0.4, 0.5) is 0 Å². The maximum absolute atomic E-state index is 10.4. The Balaban J connectivity index is 2.18. The minimum Gasteiger partial charge on any atom is -0.545 e. The topological polar surface area (TPSA) is 49.4 Å². The van der Waals surface area contributed by atoms with Gasteiger partial charge in [0.25, 0.3) is 0 Å². The van der Waals surface area contributed by atoms with Crippen LogP contribution in [-0.4, -0.2) is 12.6 Å². The van der Waals surface area contributed by atoms with Gasteiger partial charge in [0, 0.05) is 0 Å². The molecule has 0 radical (unpaired) electrons. The lowest BCUT2D eigenvalue weighted by Gasteiger charge is -2.04. The molecule has 0 unspecified atom stereocenters. The van der Waals surface area contributed by atoms with Crippen LogP contribution in [0, 0.1) is 0 Å². The summed E-state index contributed by atoms with van der Waals surface area (Å²) in [5.74, 6) is -1.12. The number of rotatable bonds is 6. The molecule has 0 saturated carbocycles. The summed E-state index contributed by atoms with van der Waals surface area (Å²) >= 11 is 0. The first kappa shape index (κ1) is 12.5. The van der Waals surface area contributed by atoms with Gasteiger partial charge in [-0.2, -0.15) is 0 Å². The number of hydrogen-bond donors (Lipinski definition) is 0. The second-order valence-corrected chi connectivity index (χ2v) is 3.50. The third-order valence-electron chi connectivity index (χ3n) is 2.15. The van der Waals surface area contributed by atoms with E-state index in [2.05, 4.69) is 0 Å². The van der Waals surface area contributed by atoms with E-state index in [0.29, 0.717) is 19.6 Å². The van der Waals surface area contributed by atoms with Crippen LogP contribution in [0.2, 0.25) is 0 Å². The molecule has 0 heterocycles. The fraction of sp³-hybridized carbons (Fsp3) is 0.308. The quantitative estimate of drug-likeness (QED) is 0.535. The summed E-state index contributed by atoms with van der Waals surface area (Å²) in [6.07, 6.45) is 2.20. The zero-order valence-electron chi connectivity index (χ0n) is 9.31. The van der Waals surface area contributed by atoms with Crippen molar-refractivity contribution in [2.45, 2.75) is 20.0 Å². The molecule has 3 heteroatoms. The summed E-state index contributed by atoms with van der Waals surface area (Å²) < 4.78 is 5.39. The maximum Gasteiger partial charge on any atom is 0.0717 e. The third kappa shape index (κ3) is 4.75. The van der Waals surface area contributed by atoms with Crippen molar-refractivity contribution < 1.29 is 14.6 Å². The number of carbonyl (C=O) groups excluding carboxylic acids is 1. The van der Waals surface area contributed by atoms with Crippen LogP contribution in [0.15, 0.2) is 42.0 Å². The van der Waals surface area contributed by atoms with Crippen molar-refractivity contribution in [2.75, 3.05) is 6.61 Å². The summed E-state index contributed by atoms with van der Waals surface area (Å²) in [5.41, 5.74) is 1.37. The van der Waals surface area contributed by atoms with Gasteiger partial charge >= 0.3 is 0 Å². The molecule has 0 aliphatic carbocycles. The monoisotopic (exact) mass is 219 g/mol. The fourth-order valence-electron chi connectivity index (χ4n) is 1.21. The lowest BCUT2D eigenvalue weighted by molar-refractivity contribution is -0.299. The van der Waals surface area contributed by atoms with Crippen molar-refractivity contribution in [3.63, 3.8) is 0 Å². The molecular weight excluding hydrogens is 204 g/mol. The second kappa shape index (κ2) is 6.80. The minimum atomic E-state index is -1.12. The van der Waals surface area contributed by atoms with Gasteiger partial charge in [-0.1, -0.05) is 36.4 Å². The summed E-state index contributed by atoms with van der Waals surface area (Å²) in [7, 11) is 0. The molecule has 0 bridgehead atoms. The van der Waals surface area contributed by atoms with Gasteiger partial charge in [-0.3, -0.25) is 0 Å². The number of aliphatic carboxylic acids is 1. The van der Waals surface area contributed by atoms with Crippen molar-refractivity contribution in [1.29, 1.82) is 0 Å². The van der Waals surface area contributed by atoms with Gasteiger partial charge in [0.1, 0.15) is 0 Å². The predicted octanol–water partition coefficient (Wildman–Crippen LogP) is 1.29. The molecular formula is C13H15O3-. The van der Waals surface area contributed by atoms with E-state index in [1.165, 1.54) is 6.92 Å². The number of carbonyl (C=O) groups is 1. The molecule has 0 aliphatic rings. The van der Waals surface area contributed by atoms with Gasteiger partial charge in [0.2, 0.25) is 0 Å². The van der Waals surface area contributed by atoms with E-state index in [4.69, 9.17) is 4.74 Å². The van der Waals surface area contributed by atoms with Crippen molar-refractivity contribution in [2.24, 2.45) is 0 Å². The van der Waals surface area contributed by atoms with E-state index in [1.807, 2.05) is 30.3 Å². The van der Waals surface area contributed by atoms with Crippen LogP contribution in [0.3, 0.4) is 0 Å². The molecule has 0 atom stereocenters. The van der Waals surface area contributed by atoms with E-state index in [1.54, 1.807) is 6.08 Å². The average Bonchev–Trinajstić information content (AvgIpc) is 2.29. The van der Waals surface area contributed by atoms with E-state index < -0.39 is 5.97 Å². The van der Waals surface area contributed by atoms with Crippen molar-refractivity contribution in [3.8, 4) is 0 Å². The Morgan fingerprint density at radius 3 is 2.69 bits per heavy atom. The number of carboxylic acid groups (broad SMARTS) is 1. The highest BCUT2D eigenvalue weighted by molar-refractivity contribution is 5.83. The average molecular weight is 219 g/mol. The molecule has 0 fully saturated rings. The highest BCUT2D eigenvalue weighted by Crippen LogP contribution is 2.01. The molecule has 0 aliphatic heterocycles. The summed E-state index contributed by atoms with van der Waals surface area (Å²) in [4.78, 5) is 10.4. The van der Waals surface area contributed by atoms with Crippen molar-refractivity contribution >= 4 is 5.97 Å². The van der Waals surface area contributed by atoms with Gasteiger partial charge in [-0.15, -0.1) is 0 Å². The predicted molar refractivity (Wildman–Crippen MR) is 59.5 cm³/mol. The summed E-state index contributed by atoms with van der Waals surface area (Å²) in [6.45, 7) is 2.59. The molecule has 0 saturated heterocycles. The SMILES string of the molecule is C/C(=C\CCOCc1ccccc1)C(=O)[O-]. The highest BCUT2D eigenvalue weighted by atomic mass is 16.5. The minimum absolute atomic E-state index is 0.253. The molecule has 1 aromatic carbocycles. The van der Waals surface area contributed by atoms with Gasteiger partial charge < -0.3 is 14.6 Å². The van der Waals surface area contributed by atoms with Crippen LogP contribution in [0.5, 0.6) is 0 Å². The largest absolute Gasteiger partial charge is 0.545 e. The summed E-state index contributed by atoms with van der Waals surface area (Å²) in [5, 5.41) is 10.4. The zero-order chi connectivity index (χ0) is 11.8. The van der Waals surface area contributed by atoms with E-state index >= 15 is 0 Å². The van der Waals surface area contributed by atoms with Gasteiger partial charge in [-0.05, 0) is 24.5 Å². The fourth-order valence-corrected chi connectivity index (χ4v) is 1.21. The molecule has 86 valence electrons. The third-order valence-corrected chi connectivity index (χ3v) is 2.15. The van der Waals surface area contributed by atoms with E-state index in [0.717, 1.165) is 5.56 Å². The number of benzene rings is 1. The second-order valence-electron chi connectivity index (χ2n) is 3.50. The van der Waals surface area contributed by atoms with Gasteiger partial charge in [-0.25, -0.2) is 0 Å². The standard InChI is InChI=1S/C13H16O3/c1-11(13(14)15)6-5-9-16-10-12-7-3-2-4-8-12/h2-4,6-8H,5,9-10H2,1H3,(H,14,15)/p-1/b11-6+. The first-order valence-electron chi connectivity index (χ1n) is 5.20. The molecule has 1 aromatic rings. The Kier molecular flexibility index (Phi) is 5.29. The Hall–Kier alpha value is -1.61. The molecule has 0 N–H and O–H groups in total. The lowest BCUT2D eigenvalue weighted by atomic mass is 10.2. The molecule has 0 amide bonds. The van der Waals surface area contributed by atoms with Crippen molar-refractivity contribution in [3.05, 3.63) is 47.5 Å². The van der Waals surface area contributed by atoms with Crippen LogP contribution >= 0.6 is 0 Å². The maximum atomic E-state index is 10.4. The number of ether oxygens (including phenoxy) is 1. The van der Waals surface area contributed by atoms with Gasteiger partial charge in [0.05, 0.1) is 19.2 Å². The zero-order valence-corrected chi connectivity index (χ0v) is 9.31. The number of carboxylic acids is 1. The van der Waals surface area contributed by atoms with Crippen LogP contribution < -0.4 is 5.11 Å². The normalized spacial score (nSPS) is 11.4. The lowest BCUT2D eigenvalue weighted by Crippen LogP contribution is -2.23. The highest BCUT2D eigenvalue weighted by Gasteiger charge is 1.92. The van der Waals surface area contributed by atoms with E-state index in [9.17, 15) is 9.90 Å². The smallest absolute Gasteiger partial charge is 0.0717 e. The molecule has 16 heavy (non-hydrogen) atoms. The molecule has 1 rings (SSSR count). The first-order chi connectivity index (χ1) is 7.70. The van der Waals surface area contributed by atoms with Crippen LogP contribution in [0.25, 0.3) is 0 Å². The molecule has 3 nitrogen and oxygen atoms in total. The Bertz CT molecular complexity index is 355. The summed E-state index contributed by atoms with van der Waals surface area (Å²) in [6, 6.07) is 9.84. The van der Waals surface area contributed by atoms with E-state index in [-0.39, 0.29) is 5.57 Å². The Morgan fingerprint density at radius 2 is 2.06 bits per heavy atom. The molecule has 0 aromatic heterocycles. The number of hydrogen-bond acceptors (Lipinski definition) is 3.